The monoisotopic (exact) mass is 502 g/mol. The minimum atomic E-state index is -0.796. The fourth-order valence-electron chi connectivity index (χ4n) is 4.63. The SMILES string of the molecule is COCc1cnc(N2CCC(CCCOc3cc(F)c(CC(=O)N4CC(C=O)C4)c(F)c3)CC2)nc1. The first-order valence-electron chi connectivity index (χ1n) is 12.4. The van der Waals surface area contributed by atoms with Crippen LogP contribution in [0.2, 0.25) is 0 Å². The molecular weight excluding hydrogens is 470 g/mol. The molecule has 194 valence electrons. The molecule has 2 aliphatic rings. The number of carbonyl (C=O) groups excluding carboxylic acids is 2. The van der Waals surface area contributed by atoms with Crippen LogP contribution in [0.25, 0.3) is 0 Å². The van der Waals surface area contributed by atoms with Crippen LogP contribution in [0.4, 0.5) is 14.7 Å². The van der Waals surface area contributed by atoms with Crippen LogP contribution in [0.15, 0.2) is 24.5 Å². The van der Waals surface area contributed by atoms with Crippen molar-refractivity contribution in [3.05, 3.63) is 47.3 Å². The van der Waals surface area contributed by atoms with E-state index in [1.165, 1.54) is 4.90 Å². The number of benzene rings is 1. The molecule has 36 heavy (non-hydrogen) atoms. The molecule has 10 heteroatoms. The zero-order chi connectivity index (χ0) is 25.5. The number of aromatic nitrogens is 2. The number of piperidine rings is 1. The lowest BCUT2D eigenvalue weighted by atomic mass is 9.92. The van der Waals surface area contributed by atoms with Gasteiger partial charge >= 0.3 is 0 Å². The van der Waals surface area contributed by atoms with Crippen LogP contribution < -0.4 is 9.64 Å². The number of nitrogens with zero attached hydrogens (tertiary/aromatic N) is 4. The van der Waals surface area contributed by atoms with Gasteiger partial charge in [-0.15, -0.1) is 0 Å². The van der Waals surface area contributed by atoms with E-state index < -0.39 is 11.6 Å². The molecule has 0 spiro atoms. The summed E-state index contributed by atoms with van der Waals surface area (Å²) >= 11 is 0. The van der Waals surface area contributed by atoms with Gasteiger partial charge in [-0.1, -0.05) is 0 Å². The van der Waals surface area contributed by atoms with Crippen molar-refractivity contribution in [1.29, 1.82) is 0 Å². The number of halogens is 2. The summed E-state index contributed by atoms with van der Waals surface area (Å²) in [6, 6.07) is 2.26. The molecule has 0 radical (unpaired) electrons. The van der Waals surface area contributed by atoms with E-state index in [9.17, 15) is 18.4 Å². The van der Waals surface area contributed by atoms with Crippen molar-refractivity contribution in [2.45, 2.75) is 38.7 Å². The van der Waals surface area contributed by atoms with Gasteiger partial charge in [-0.3, -0.25) is 4.79 Å². The molecular formula is C26H32F2N4O4. The Morgan fingerprint density at radius 1 is 1.14 bits per heavy atom. The molecule has 4 rings (SSSR count). The van der Waals surface area contributed by atoms with Gasteiger partial charge in [-0.25, -0.2) is 18.7 Å². The Labute approximate surface area is 209 Å². The molecule has 0 unspecified atom stereocenters. The Hall–Kier alpha value is -3.14. The number of carbonyl (C=O) groups is 2. The van der Waals surface area contributed by atoms with E-state index in [0.29, 0.717) is 32.2 Å². The van der Waals surface area contributed by atoms with Crippen molar-refractivity contribution in [1.82, 2.24) is 14.9 Å². The Kier molecular flexibility index (Phi) is 8.79. The van der Waals surface area contributed by atoms with Crippen LogP contribution in [-0.4, -0.2) is 67.0 Å². The van der Waals surface area contributed by atoms with E-state index in [0.717, 1.165) is 68.7 Å². The maximum absolute atomic E-state index is 14.5. The van der Waals surface area contributed by atoms with Gasteiger partial charge in [0.2, 0.25) is 11.9 Å². The van der Waals surface area contributed by atoms with Crippen LogP contribution in [0.3, 0.4) is 0 Å². The van der Waals surface area contributed by atoms with E-state index in [1.807, 2.05) is 0 Å². The summed E-state index contributed by atoms with van der Waals surface area (Å²) < 4.78 is 39.6. The molecule has 2 saturated heterocycles. The number of hydrogen-bond acceptors (Lipinski definition) is 7. The summed E-state index contributed by atoms with van der Waals surface area (Å²) in [6.45, 7) is 3.25. The molecule has 0 aliphatic carbocycles. The van der Waals surface area contributed by atoms with Gasteiger partial charge < -0.3 is 24.1 Å². The van der Waals surface area contributed by atoms with Crippen molar-refractivity contribution >= 4 is 18.1 Å². The number of methoxy groups -OCH3 is 1. The Bertz CT molecular complexity index is 1020. The number of hydrogen-bond donors (Lipinski definition) is 0. The lowest BCUT2D eigenvalue weighted by Gasteiger charge is -2.36. The molecule has 0 saturated carbocycles. The van der Waals surface area contributed by atoms with E-state index >= 15 is 0 Å². The normalized spacial score (nSPS) is 16.6. The van der Waals surface area contributed by atoms with E-state index in [1.54, 1.807) is 19.5 Å². The Morgan fingerprint density at radius 2 is 1.81 bits per heavy atom. The Morgan fingerprint density at radius 3 is 2.42 bits per heavy atom. The zero-order valence-corrected chi connectivity index (χ0v) is 20.5. The maximum Gasteiger partial charge on any atom is 0.227 e. The third-order valence-corrected chi connectivity index (χ3v) is 6.82. The number of ether oxygens (including phenoxy) is 2. The topological polar surface area (TPSA) is 84.9 Å². The lowest BCUT2D eigenvalue weighted by Crippen LogP contribution is -2.51. The lowest BCUT2D eigenvalue weighted by molar-refractivity contribution is -0.138. The summed E-state index contributed by atoms with van der Waals surface area (Å²) in [5.41, 5.74) is 0.672. The second kappa shape index (κ2) is 12.2. The van der Waals surface area contributed by atoms with E-state index in [-0.39, 0.29) is 29.6 Å². The summed E-state index contributed by atoms with van der Waals surface area (Å²) in [5, 5.41) is 0. The van der Waals surface area contributed by atoms with Gasteiger partial charge in [0.05, 0.1) is 19.6 Å². The summed E-state index contributed by atoms with van der Waals surface area (Å²) in [4.78, 5) is 35.3. The number of amides is 1. The van der Waals surface area contributed by atoms with Crippen LogP contribution >= 0.6 is 0 Å². The average Bonchev–Trinajstić information content (AvgIpc) is 2.85. The fourth-order valence-corrected chi connectivity index (χ4v) is 4.63. The second-order valence-electron chi connectivity index (χ2n) is 9.48. The summed E-state index contributed by atoms with van der Waals surface area (Å²) in [7, 11) is 1.64. The molecule has 1 aromatic carbocycles. The molecule has 1 aromatic heterocycles. The number of likely N-dealkylation sites (tertiary alicyclic amines) is 1. The minimum Gasteiger partial charge on any atom is -0.493 e. The van der Waals surface area contributed by atoms with Gasteiger partial charge in [0.1, 0.15) is 23.7 Å². The summed E-state index contributed by atoms with van der Waals surface area (Å²) in [5.74, 6) is -0.748. The van der Waals surface area contributed by atoms with Gasteiger partial charge in [-0.05, 0) is 31.6 Å². The first kappa shape index (κ1) is 25.9. The van der Waals surface area contributed by atoms with E-state index in [2.05, 4.69) is 14.9 Å². The average molecular weight is 503 g/mol. The number of rotatable bonds is 11. The third-order valence-electron chi connectivity index (χ3n) is 6.82. The van der Waals surface area contributed by atoms with Crippen molar-refractivity contribution in [2.24, 2.45) is 11.8 Å². The molecule has 1 amide bonds. The minimum absolute atomic E-state index is 0.120. The van der Waals surface area contributed by atoms with Gasteiger partial charge in [0.15, 0.2) is 0 Å². The highest BCUT2D eigenvalue weighted by Gasteiger charge is 2.31. The molecule has 8 nitrogen and oxygen atoms in total. The molecule has 0 bridgehead atoms. The second-order valence-corrected chi connectivity index (χ2v) is 9.48. The maximum atomic E-state index is 14.5. The van der Waals surface area contributed by atoms with Crippen LogP contribution in [0.5, 0.6) is 5.75 Å². The van der Waals surface area contributed by atoms with Gasteiger partial charge in [0, 0.05) is 74.9 Å². The predicted octanol–water partition coefficient (Wildman–Crippen LogP) is 3.18. The standard InChI is InChI=1S/C26H32F2N4O4/c1-35-17-19-12-29-26(30-13-19)31-6-4-18(5-7-31)3-2-8-36-21-9-23(27)22(24(28)10-21)11-25(34)32-14-20(15-32)16-33/h9-10,12-13,16,18,20H,2-8,11,14-15,17H2,1H3. The van der Waals surface area contributed by atoms with Crippen molar-refractivity contribution in [3.63, 3.8) is 0 Å². The fraction of sp³-hybridized carbons (Fsp3) is 0.538. The number of aldehydes is 1. The first-order chi connectivity index (χ1) is 17.5. The van der Waals surface area contributed by atoms with E-state index in [4.69, 9.17) is 9.47 Å². The first-order valence-corrected chi connectivity index (χ1v) is 12.4. The summed E-state index contributed by atoms with van der Waals surface area (Å²) in [6.07, 6.45) is 7.81. The quantitative estimate of drug-likeness (QED) is 0.345. The highest BCUT2D eigenvalue weighted by atomic mass is 19.1. The van der Waals surface area contributed by atoms with Gasteiger partial charge in [0.25, 0.3) is 0 Å². The van der Waals surface area contributed by atoms with Crippen molar-refractivity contribution < 1.29 is 27.8 Å². The van der Waals surface area contributed by atoms with Crippen molar-refractivity contribution in [2.75, 3.05) is 44.8 Å². The molecule has 2 aliphatic heterocycles. The third kappa shape index (κ3) is 6.54. The van der Waals surface area contributed by atoms with Crippen LogP contribution in [0, 0.1) is 23.5 Å². The number of anilines is 1. The highest BCUT2D eigenvalue weighted by Crippen LogP contribution is 2.26. The van der Waals surface area contributed by atoms with Crippen molar-refractivity contribution in [3.8, 4) is 5.75 Å². The predicted molar refractivity (Wildman–Crippen MR) is 129 cm³/mol. The highest BCUT2D eigenvalue weighted by molar-refractivity contribution is 5.81. The molecule has 0 N–H and O–H groups in total. The smallest absolute Gasteiger partial charge is 0.227 e. The molecule has 2 fully saturated rings. The Balaban J connectivity index is 1.17. The molecule has 3 heterocycles. The molecule has 0 atom stereocenters. The van der Waals surface area contributed by atoms with Crippen LogP contribution in [-0.2, 0) is 27.4 Å². The largest absolute Gasteiger partial charge is 0.493 e. The van der Waals surface area contributed by atoms with Crippen LogP contribution in [0.1, 0.15) is 36.8 Å². The zero-order valence-electron chi connectivity index (χ0n) is 20.5. The van der Waals surface area contributed by atoms with Gasteiger partial charge in [-0.2, -0.15) is 0 Å². The molecule has 2 aromatic rings.